The van der Waals surface area contributed by atoms with Gasteiger partial charge in [0.1, 0.15) is 21.2 Å². The molecule has 18 heavy (non-hydrogen) atoms. The smallest absolute Gasteiger partial charge is 0.308 e. The quantitative estimate of drug-likeness (QED) is 0.935. The lowest BCUT2D eigenvalue weighted by Gasteiger charge is -1.98. The minimum absolute atomic E-state index is 0.152. The van der Waals surface area contributed by atoms with Gasteiger partial charge < -0.3 is 5.11 Å². The van der Waals surface area contributed by atoms with Crippen LogP contribution in [0.5, 0.6) is 0 Å². The van der Waals surface area contributed by atoms with Crippen LogP contribution >= 0.6 is 27.3 Å². The van der Waals surface area contributed by atoms with E-state index < -0.39 is 17.6 Å². The lowest BCUT2D eigenvalue weighted by molar-refractivity contribution is -0.136. The lowest BCUT2D eigenvalue weighted by atomic mass is 10.2. The first-order valence-electron chi connectivity index (χ1n) is 4.80. The number of benzene rings is 1. The first-order valence-corrected chi connectivity index (χ1v) is 6.40. The number of aromatic nitrogens is 1. The van der Waals surface area contributed by atoms with Gasteiger partial charge in [-0.3, -0.25) is 4.79 Å². The monoisotopic (exact) mass is 333 g/mol. The number of thiazole rings is 1. The van der Waals surface area contributed by atoms with Gasteiger partial charge in [0, 0.05) is 11.6 Å². The molecule has 3 nitrogen and oxygen atoms in total. The van der Waals surface area contributed by atoms with E-state index in [9.17, 15) is 13.6 Å². The number of hydrogen-bond acceptors (Lipinski definition) is 3. The predicted molar refractivity (Wildman–Crippen MR) is 66.5 cm³/mol. The number of aliphatic carboxylic acids is 1. The van der Waals surface area contributed by atoms with Crippen LogP contribution in [0.25, 0.3) is 10.6 Å². The van der Waals surface area contributed by atoms with Gasteiger partial charge >= 0.3 is 5.97 Å². The minimum atomic E-state index is -0.995. The molecule has 94 valence electrons. The van der Waals surface area contributed by atoms with Gasteiger partial charge in [-0.1, -0.05) is 0 Å². The molecule has 0 radical (unpaired) electrons. The summed E-state index contributed by atoms with van der Waals surface area (Å²) in [4.78, 5) is 15.1. The number of halogens is 3. The van der Waals surface area contributed by atoms with Crippen LogP contribution in [0.3, 0.4) is 0 Å². The van der Waals surface area contributed by atoms with Crippen LogP contribution < -0.4 is 0 Å². The zero-order chi connectivity index (χ0) is 13.3. The molecule has 0 bridgehead atoms. The van der Waals surface area contributed by atoms with Crippen molar-refractivity contribution >= 4 is 33.2 Å². The number of hydrogen-bond donors (Lipinski definition) is 1. The van der Waals surface area contributed by atoms with Crippen molar-refractivity contribution in [2.24, 2.45) is 0 Å². The van der Waals surface area contributed by atoms with Gasteiger partial charge in [-0.05, 0) is 28.1 Å². The second-order valence-corrected chi connectivity index (χ2v) is 5.26. The van der Waals surface area contributed by atoms with Crippen LogP contribution in [0.4, 0.5) is 8.78 Å². The standard InChI is InChI=1S/C11H6BrF2NO2S/c12-10-8(4-9(16)17)18-11(15-10)6-2-1-5(13)3-7(6)14/h1-3H,4H2,(H,16,17). The molecule has 0 saturated heterocycles. The third kappa shape index (κ3) is 2.73. The van der Waals surface area contributed by atoms with Crippen molar-refractivity contribution in [2.45, 2.75) is 6.42 Å². The Kier molecular flexibility index (Phi) is 3.72. The van der Waals surface area contributed by atoms with Crippen molar-refractivity contribution in [1.29, 1.82) is 0 Å². The zero-order valence-corrected chi connectivity index (χ0v) is 11.2. The number of rotatable bonds is 3. The highest BCUT2D eigenvalue weighted by Crippen LogP contribution is 2.33. The predicted octanol–water partition coefficient (Wildman–Crippen LogP) is 3.48. The molecule has 1 heterocycles. The third-order valence-corrected chi connectivity index (χ3v) is 4.13. The van der Waals surface area contributed by atoms with Crippen LogP contribution in [-0.4, -0.2) is 16.1 Å². The van der Waals surface area contributed by atoms with E-state index in [1.165, 1.54) is 6.07 Å². The maximum atomic E-state index is 13.5. The molecule has 0 unspecified atom stereocenters. The molecule has 0 fully saturated rings. The van der Waals surface area contributed by atoms with E-state index in [2.05, 4.69) is 20.9 Å². The Balaban J connectivity index is 2.42. The van der Waals surface area contributed by atoms with E-state index in [4.69, 9.17) is 5.11 Å². The van der Waals surface area contributed by atoms with E-state index in [0.717, 1.165) is 23.5 Å². The fourth-order valence-electron chi connectivity index (χ4n) is 1.36. The van der Waals surface area contributed by atoms with Gasteiger partial charge in [0.25, 0.3) is 0 Å². The number of carbonyl (C=O) groups is 1. The second-order valence-electron chi connectivity index (χ2n) is 3.43. The Morgan fingerprint density at radius 2 is 2.17 bits per heavy atom. The second kappa shape index (κ2) is 5.11. The van der Waals surface area contributed by atoms with Gasteiger partial charge in [-0.25, -0.2) is 13.8 Å². The Morgan fingerprint density at radius 3 is 2.78 bits per heavy atom. The van der Waals surface area contributed by atoms with Gasteiger partial charge in [0.05, 0.1) is 11.3 Å². The van der Waals surface area contributed by atoms with Crippen molar-refractivity contribution < 1.29 is 18.7 Å². The minimum Gasteiger partial charge on any atom is -0.481 e. The molecule has 1 aromatic heterocycles. The Morgan fingerprint density at radius 1 is 1.44 bits per heavy atom. The summed E-state index contributed by atoms with van der Waals surface area (Å²) in [7, 11) is 0. The number of carboxylic acids is 1. The normalized spacial score (nSPS) is 10.6. The molecule has 1 aromatic carbocycles. The van der Waals surface area contributed by atoms with Gasteiger partial charge in [-0.2, -0.15) is 0 Å². The summed E-state index contributed by atoms with van der Waals surface area (Å²) in [5.41, 5.74) is 0.152. The Labute approximate surface area is 113 Å². The van der Waals surface area contributed by atoms with E-state index in [1.54, 1.807) is 0 Å². The van der Waals surface area contributed by atoms with Gasteiger partial charge in [-0.15, -0.1) is 11.3 Å². The molecule has 0 amide bonds. The Hall–Kier alpha value is -1.34. The summed E-state index contributed by atoms with van der Waals surface area (Å²) in [5, 5.41) is 9.01. The van der Waals surface area contributed by atoms with E-state index in [-0.39, 0.29) is 12.0 Å². The van der Waals surface area contributed by atoms with Crippen molar-refractivity contribution in [1.82, 2.24) is 4.98 Å². The highest BCUT2D eigenvalue weighted by atomic mass is 79.9. The first kappa shape index (κ1) is 13.1. The summed E-state index contributed by atoms with van der Waals surface area (Å²) in [6.45, 7) is 0. The average molecular weight is 334 g/mol. The van der Waals surface area contributed by atoms with E-state index in [0.29, 0.717) is 14.5 Å². The fraction of sp³-hybridized carbons (Fsp3) is 0.0909. The molecule has 0 aliphatic carbocycles. The third-order valence-electron chi connectivity index (χ3n) is 2.12. The maximum absolute atomic E-state index is 13.5. The number of carboxylic acid groups (broad SMARTS) is 1. The van der Waals surface area contributed by atoms with Crippen molar-refractivity contribution in [3.05, 3.63) is 39.3 Å². The topological polar surface area (TPSA) is 50.2 Å². The SMILES string of the molecule is O=C(O)Cc1sc(-c2ccc(F)cc2F)nc1Br. The molecule has 0 aliphatic heterocycles. The fourth-order valence-corrected chi connectivity index (χ4v) is 3.01. The highest BCUT2D eigenvalue weighted by Gasteiger charge is 2.16. The number of nitrogens with zero attached hydrogens (tertiary/aromatic N) is 1. The first-order chi connectivity index (χ1) is 8.47. The molecule has 0 spiro atoms. The molecule has 2 aromatic rings. The Bertz CT molecular complexity index is 615. The summed E-state index contributed by atoms with van der Waals surface area (Å²) < 4.78 is 26.7. The summed E-state index contributed by atoms with van der Waals surface area (Å²) >= 11 is 4.18. The van der Waals surface area contributed by atoms with Crippen LogP contribution in [-0.2, 0) is 11.2 Å². The lowest BCUT2D eigenvalue weighted by Crippen LogP contribution is -1.98. The zero-order valence-electron chi connectivity index (χ0n) is 8.78. The molecule has 0 atom stereocenters. The molecule has 2 rings (SSSR count). The van der Waals surface area contributed by atoms with Crippen LogP contribution in [0, 0.1) is 11.6 Å². The van der Waals surface area contributed by atoms with Crippen molar-refractivity contribution in [3.8, 4) is 10.6 Å². The summed E-state index contributed by atoms with van der Waals surface area (Å²) in [5.74, 6) is -2.39. The molecular weight excluding hydrogens is 328 g/mol. The molecule has 7 heteroatoms. The highest BCUT2D eigenvalue weighted by molar-refractivity contribution is 9.10. The average Bonchev–Trinajstić information content (AvgIpc) is 2.59. The van der Waals surface area contributed by atoms with E-state index >= 15 is 0 Å². The van der Waals surface area contributed by atoms with Crippen LogP contribution in [0.15, 0.2) is 22.8 Å². The summed E-state index contributed by atoms with van der Waals surface area (Å²) in [6, 6.07) is 3.17. The van der Waals surface area contributed by atoms with Gasteiger partial charge in [0.2, 0.25) is 0 Å². The molecule has 1 N–H and O–H groups in total. The van der Waals surface area contributed by atoms with E-state index in [1.807, 2.05) is 0 Å². The van der Waals surface area contributed by atoms with Crippen molar-refractivity contribution in [2.75, 3.05) is 0 Å². The maximum Gasteiger partial charge on any atom is 0.308 e. The molecule has 0 saturated carbocycles. The van der Waals surface area contributed by atoms with Gasteiger partial charge in [0.15, 0.2) is 0 Å². The largest absolute Gasteiger partial charge is 0.481 e. The van der Waals surface area contributed by atoms with Crippen LogP contribution in [0.2, 0.25) is 0 Å². The summed E-state index contributed by atoms with van der Waals surface area (Å²) in [6.07, 6.45) is -0.193. The van der Waals surface area contributed by atoms with Crippen LogP contribution in [0.1, 0.15) is 4.88 Å². The molecular formula is C11H6BrF2NO2S. The molecule has 0 aliphatic rings. The van der Waals surface area contributed by atoms with Crippen molar-refractivity contribution in [3.63, 3.8) is 0 Å².